The molecule has 0 saturated carbocycles. The molecule has 0 aliphatic carbocycles. The molecule has 0 spiro atoms. The summed E-state index contributed by atoms with van der Waals surface area (Å²) < 4.78 is 41.0. The third kappa shape index (κ3) is 3.83. The summed E-state index contributed by atoms with van der Waals surface area (Å²) in [7, 11) is 1.64. The first-order valence-electron chi connectivity index (χ1n) is 5.13. The molecule has 1 heterocycles. The number of ether oxygens (including phenoxy) is 1. The first-order valence-corrected chi connectivity index (χ1v) is 5.13. The number of rotatable bonds is 4. The van der Waals surface area contributed by atoms with Gasteiger partial charge in [-0.05, 0) is 7.05 Å². The molecule has 1 amide bonds. The van der Waals surface area contributed by atoms with Crippen LogP contribution in [0.25, 0.3) is 0 Å². The van der Waals surface area contributed by atoms with E-state index >= 15 is 0 Å². The van der Waals surface area contributed by atoms with Crippen molar-refractivity contribution in [3.05, 3.63) is 0 Å². The third-order valence-corrected chi connectivity index (χ3v) is 2.64. The van der Waals surface area contributed by atoms with Crippen LogP contribution in [-0.4, -0.2) is 56.1 Å². The zero-order chi connectivity index (χ0) is 13.1. The van der Waals surface area contributed by atoms with Gasteiger partial charge < -0.3 is 20.5 Å². The van der Waals surface area contributed by atoms with Crippen molar-refractivity contribution in [3.8, 4) is 0 Å². The summed E-state index contributed by atoms with van der Waals surface area (Å²) in [6.45, 7) is -0.328. The fourth-order valence-corrected chi connectivity index (χ4v) is 1.54. The number of hydrogen-bond donors (Lipinski definition) is 3. The Balaban J connectivity index is 2.39. The van der Waals surface area contributed by atoms with E-state index in [4.69, 9.17) is 9.84 Å². The molecule has 5 nitrogen and oxygen atoms in total. The van der Waals surface area contributed by atoms with Crippen molar-refractivity contribution in [2.75, 3.05) is 26.8 Å². The number of nitrogens with one attached hydrogen (secondary N) is 2. The normalized spacial score (nSPS) is 26.9. The second-order valence-electron chi connectivity index (χ2n) is 3.84. The molecule has 0 aromatic heterocycles. The fourth-order valence-electron chi connectivity index (χ4n) is 1.54. The van der Waals surface area contributed by atoms with E-state index in [9.17, 15) is 18.0 Å². The first kappa shape index (κ1) is 14.2. The molecule has 3 unspecified atom stereocenters. The Hall–Kier alpha value is -0.860. The number of likely N-dealkylation sites (N-methyl/N-ethyl adjacent to an activating group) is 1. The van der Waals surface area contributed by atoms with E-state index < -0.39 is 30.7 Å². The summed E-state index contributed by atoms with van der Waals surface area (Å²) in [4.78, 5) is 11.5. The Morgan fingerprint density at radius 1 is 1.53 bits per heavy atom. The number of hydrogen-bond acceptors (Lipinski definition) is 4. The Kier molecular flexibility index (Phi) is 4.72. The quantitative estimate of drug-likeness (QED) is 0.619. The number of carbonyl (C=O) groups excluding carboxylic acids is 1. The highest BCUT2D eigenvalue weighted by Gasteiger charge is 2.39. The lowest BCUT2D eigenvalue weighted by Gasteiger charge is -2.19. The Morgan fingerprint density at radius 2 is 2.18 bits per heavy atom. The minimum absolute atomic E-state index is 0.166. The van der Waals surface area contributed by atoms with Crippen molar-refractivity contribution in [1.82, 2.24) is 10.6 Å². The number of halogens is 3. The van der Waals surface area contributed by atoms with E-state index in [0.29, 0.717) is 6.61 Å². The van der Waals surface area contributed by atoms with Crippen LogP contribution in [-0.2, 0) is 9.53 Å². The SMILES string of the molecule is CNC1COCC1C(=O)NCC(O)C(F)(F)F. The molecule has 0 aromatic rings. The summed E-state index contributed by atoms with van der Waals surface area (Å²) in [5.41, 5.74) is 0. The van der Waals surface area contributed by atoms with Crippen LogP contribution >= 0.6 is 0 Å². The summed E-state index contributed by atoms with van der Waals surface area (Å²) in [5, 5.41) is 13.6. The number of carbonyl (C=O) groups is 1. The molecule has 8 heteroatoms. The molecule has 0 radical (unpaired) electrons. The minimum atomic E-state index is -4.72. The number of aliphatic hydroxyl groups is 1. The van der Waals surface area contributed by atoms with E-state index in [2.05, 4.69) is 10.6 Å². The smallest absolute Gasteiger partial charge is 0.382 e. The summed E-state index contributed by atoms with van der Waals surface area (Å²) >= 11 is 0. The molecule has 1 aliphatic rings. The van der Waals surface area contributed by atoms with Gasteiger partial charge in [0.05, 0.1) is 25.7 Å². The predicted octanol–water partition coefficient (Wildman–Crippen LogP) is -0.740. The topological polar surface area (TPSA) is 70.6 Å². The molecule has 1 aliphatic heterocycles. The Morgan fingerprint density at radius 3 is 2.71 bits per heavy atom. The highest BCUT2D eigenvalue weighted by Crippen LogP contribution is 2.19. The van der Waals surface area contributed by atoms with Gasteiger partial charge >= 0.3 is 6.18 Å². The van der Waals surface area contributed by atoms with Crippen LogP contribution in [0, 0.1) is 5.92 Å². The lowest BCUT2D eigenvalue weighted by Crippen LogP contribution is -2.47. The van der Waals surface area contributed by atoms with E-state index in [1.54, 1.807) is 7.05 Å². The maximum absolute atomic E-state index is 12.0. The van der Waals surface area contributed by atoms with Gasteiger partial charge in [-0.2, -0.15) is 13.2 Å². The van der Waals surface area contributed by atoms with Gasteiger partial charge in [-0.3, -0.25) is 4.79 Å². The molecule has 17 heavy (non-hydrogen) atoms. The molecule has 3 atom stereocenters. The van der Waals surface area contributed by atoms with Crippen LogP contribution < -0.4 is 10.6 Å². The third-order valence-electron chi connectivity index (χ3n) is 2.64. The average Bonchev–Trinajstić information content (AvgIpc) is 2.71. The van der Waals surface area contributed by atoms with Crippen LogP contribution in [0.3, 0.4) is 0 Å². The molecule has 0 aromatic carbocycles. The maximum atomic E-state index is 12.0. The highest BCUT2D eigenvalue weighted by molar-refractivity contribution is 5.79. The van der Waals surface area contributed by atoms with Gasteiger partial charge in [-0.25, -0.2) is 0 Å². The van der Waals surface area contributed by atoms with Gasteiger partial charge in [0.15, 0.2) is 6.10 Å². The highest BCUT2D eigenvalue weighted by atomic mass is 19.4. The van der Waals surface area contributed by atoms with Gasteiger partial charge in [-0.15, -0.1) is 0 Å². The number of alkyl halides is 3. The van der Waals surface area contributed by atoms with Crippen molar-refractivity contribution in [2.45, 2.75) is 18.3 Å². The minimum Gasteiger partial charge on any atom is -0.382 e. The van der Waals surface area contributed by atoms with E-state index in [0.717, 1.165) is 0 Å². The van der Waals surface area contributed by atoms with Gasteiger partial charge in [0.2, 0.25) is 5.91 Å². The zero-order valence-corrected chi connectivity index (χ0v) is 9.25. The predicted molar refractivity (Wildman–Crippen MR) is 52.2 cm³/mol. The Bertz CT molecular complexity index is 273. The monoisotopic (exact) mass is 256 g/mol. The molecule has 3 N–H and O–H groups in total. The van der Waals surface area contributed by atoms with E-state index in [-0.39, 0.29) is 12.6 Å². The second-order valence-corrected chi connectivity index (χ2v) is 3.84. The van der Waals surface area contributed by atoms with Crippen molar-refractivity contribution in [3.63, 3.8) is 0 Å². The summed E-state index contributed by atoms with van der Waals surface area (Å²) in [6, 6.07) is -0.210. The molecular weight excluding hydrogens is 241 g/mol. The van der Waals surface area contributed by atoms with Crippen LogP contribution in [0.15, 0.2) is 0 Å². The second kappa shape index (κ2) is 5.65. The molecule has 1 fully saturated rings. The molecule has 1 rings (SSSR count). The summed E-state index contributed by atoms with van der Waals surface area (Å²) in [5.74, 6) is -1.08. The van der Waals surface area contributed by atoms with Gasteiger partial charge in [-0.1, -0.05) is 0 Å². The zero-order valence-electron chi connectivity index (χ0n) is 9.25. The van der Waals surface area contributed by atoms with Crippen LogP contribution in [0.4, 0.5) is 13.2 Å². The average molecular weight is 256 g/mol. The van der Waals surface area contributed by atoms with Crippen molar-refractivity contribution in [2.24, 2.45) is 5.92 Å². The molecule has 1 saturated heterocycles. The number of amides is 1. The van der Waals surface area contributed by atoms with Crippen LogP contribution in [0.2, 0.25) is 0 Å². The van der Waals surface area contributed by atoms with E-state index in [1.807, 2.05) is 0 Å². The first-order chi connectivity index (χ1) is 7.86. The standard InChI is InChI=1S/C9H15F3N2O3/c1-13-6-4-17-3-5(6)8(16)14-2-7(15)9(10,11)12/h5-7,13,15H,2-4H2,1H3,(H,14,16). The lowest BCUT2D eigenvalue weighted by molar-refractivity contribution is -0.202. The van der Waals surface area contributed by atoms with Gasteiger partial charge in [0.1, 0.15) is 0 Å². The van der Waals surface area contributed by atoms with Gasteiger partial charge in [0.25, 0.3) is 0 Å². The van der Waals surface area contributed by atoms with Crippen molar-refractivity contribution >= 4 is 5.91 Å². The fraction of sp³-hybridized carbons (Fsp3) is 0.889. The lowest BCUT2D eigenvalue weighted by atomic mass is 10.0. The number of aliphatic hydroxyl groups excluding tert-OH is 1. The van der Waals surface area contributed by atoms with E-state index in [1.165, 1.54) is 0 Å². The van der Waals surface area contributed by atoms with Crippen molar-refractivity contribution < 1.29 is 27.8 Å². The van der Waals surface area contributed by atoms with Crippen molar-refractivity contribution in [1.29, 1.82) is 0 Å². The molecule has 0 bridgehead atoms. The molecule has 100 valence electrons. The maximum Gasteiger partial charge on any atom is 0.416 e. The summed E-state index contributed by atoms with van der Waals surface area (Å²) in [6.07, 6.45) is -7.26. The molecular formula is C9H15F3N2O3. The largest absolute Gasteiger partial charge is 0.416 e. The van der Waals surface area contributed by atoms with Crippen LogP contribution in [0.5, 0.6) is 0 Å². The Labute approximate surface area is 96.3 Å². The van der Waals surface area contributed by atoms with Crippen LogP contribution in [0.1, 0.15) is 0 Å². The van der Waals surface area contributed by atoms with Gasteiger partial charge in [0, 0.05) is 6.04 Å².